The minimum Gasteiger partial charge on any atom is -0.468 e. The van der Waals surface area contributed by atoms with Crippen molar-refractivity contribution in [2.45, 2.75) is 5.54 Å². The molecule has 2 saturated heterocycles. The van der Waals surface area contributed by atoms with Gasteiger partial charge in [-0.25, -0.2) is 4.90 Å². The Balaban J connectivity index is 1.77. The Labute approximate surface area is 206 Å². The number of esters is 1. The van der Waals surface area contributed by atoms with Crippen molar-refractivity contribution in [1.29, 1.82) is 0 Å². The topological polar surface area (TPSA) is 84.0 Å². The van der Waals surface area contributed by atoms with E-state index in [1.54, 1.807) is 72.8 Å². The Morgan fingerprint density at radius 1 is 0.829 bits per heavy atom. The smallest absolute Gasteiger partial charge is 0.325 e. The molecular weight excluding hydrogens is 468 g/mol. The second-order valence-electron chi connectivity index (χ2n) is 8.44. The highest BCUT2D eigenvalue weighted by atomic mass is 35.5. The molecule has 35 heavy (non-hydrogen) atoms. The van der Waals surface area contributed by atoms with Gasteiger partial charge < -0.3 is 9.64 Å². The van der Waals surface area contributed by atoms with Gasteiger partial charge in [-0.2, -0.15) is 0 Å². The van der Waals surface area contributed by atoms with Crippen molar-refractivity contribution in [3.05, 3.63) is 101 Å². The third-order valence-corrected chi connectivity index (χ3v) is 6.99. The highest BCUT2D eigenvalue weighted by Gasteiger charge is 2.70. The van der Waals surface area contributed by atoms with E-state index < -0.39 is 47.6 Å². The van der Waals surface area contributed by atoms with E-state index in [2.05, 4.69) is 0 Å². The highest BCUT2D eigenvalue weighted by Crippen LogP contribution is 2.55. The molecule has 2 aliphatic rings. The first-order valence-corrected chi connectivity index (χ1v) is 11.4. The van der Waals surface area contributed by atoms with Crippen LogP contribution >= 0.6 is 11.6 Å². The van der Waals surface area contributed by atoms with Crippen LogP contribution in [-0.4, -0.2) is 42.2 Å². The van der Waals surface area contributed by atoms with Crippen LogP contribution in [0.3, 0.4) is 0 Å². The van der Waals surface area contributed by atoms with Crippen molar-refractivity contribution in [2.75, 3.05) is 18.6 Å². The molecule has 176 valence electrons. The molecular formula is C27H21ClN2O5. The predicted molar refractivity (Wildman–Crippen MR) is 128 cm³/mol. The van der Waals surface area contributed by atoms with E-state index in [-0.39, 0.29) is 0 Å². The number of rotatable bonds is 5. The molecule has 0 unspecified atom stereocenters. The van der Waals surface area contributed by atoms with Gasteiger partial charge in [0.25, 0.3) is 0 Å². The summed E-state index contributed by atoms with van der Waals surface area (Å²) in [5, 5.41) is 0.455. The van der Waals surface area contributed by atoms with Crippen LogP contribution in [0, 0.1) is 11.8 Å². The number of methoxy groups -OCH3 is 1. The Hall–Kier alpha value is -3.97. The number of amides is 3. The third-order valence-electron chi connectivity index (χ3n) is 6.74. The zero-order valence-electron chi connectivity index (χ0n) is 18.8. The number of likely N-dealkylation sites (tertiary alicyclic amines) is 1. The Morgan fingerprint density at radius 2 is 1.37 bits per heavy atom. The molecule has 0 radical (unpaired) electrons. The monoisotopic (exact) mass is 488 g/mol. The van der Waals surface area contributed by atoms with Crippen molar-refractivity contribution >= 4 is 41.0 Å². The molecule has 3 aromatic rings. The van der Waals surface area contributed by atoms with Gasteiger partial charge in [0.2, 0.25) is 17.7 Å². The zero-order chi connectivity index (χ0) is 24.7. The fourth-order valence-corrected chi connectivity index (χ4v) is 5.44. The molecule has 0 N–H and O–H groups in total. The zero-order valence-corrected chi connectivity index (χ0v) is 19.5. The molecule has 0 aliphatic carbocycles. The third kappa shape index (κ3) is 3.34. The minimum atomic E-state index is -1.40. The summed E-state index contributed by atoms with van der Waals surface area (Å²) < 4.78 is 4.88. The maximum absolute atomic E-state index is 14.1. The van der Waals surface area contributed by atoms with E-state index in [9.17, 15) is 19.2 Å². The summed E-state index contributed by atoms with van der Waals surface area (Å²) in [6.45, 7) is -0.409. The summed E-state index contributed by atoms with van der Waals surface area (Å²) in [6.07, 6.45) is 0. The normalized spacial score (nSPS) is 20.8. The largest absolute Gasteiger partial charge is 0.468 e. The average Bonchev–Trinajstić information content (AvgIpc) is 3.30. The second-order valence-corrected chi connectivity index (χ2v) is 8.88. The number of hydrogen-bond acceptors (Lipinski definition) is 5. The number of imide groups is 1. The van der Waals surface area contributed by atoms with E-state index in [0.29, 0.717) is 21.8 Å². The molecule has 7 nitrogen and oxygen atoms in total. The number of nitrogens with zero attached hydrogens (tertiary/aromatic N) is 2. The van der Waals surface area contributed by atoms with Crippen molar-refractivity contribution < 1.29 is 23.9 Å². The van der Waals surface area contributed by atoms with Crippen LogP contribution in [0.2, 0.25) is 5.02 Å². The lowest BCUT2D eigenvalue weighted by molar-refractivity contribution is -0.149. The van der Waals surface area contributed by atoms with Gasteiger partial charge in [0.1, 0.15) is 18.0 Å². The highest BCUT2D eigenvalue weighted by molar-refractivity contribution is 6.31. The van der Waals surface area contributed by atoms with Gasteiger partial charge in [0.05, 0.1) is 18.7 Å². The van der Waals surface area contributed by atoms with Crippen LogP contribution in [0.4, 0.5) is 5.69 Å². The number of halogens is 1. The van der Waals surface area contributed by atoms with Gasteiger partial charge in [0.15, 0.2) is 0 Å². The van der Waals surface area contributed by atoms with Crippen LogP contribution in [0.15, 0.2) is 84.9 Å². The summed E-state index contributed by atoms with van der Waals surface area (Å²) >= 11 is 6.00. The lowest BCUT2D eigenvalue weighted by Crippen LogP contribution is -2.53. The van der Waals surface area contributed by atoms with Crippen molar-refractivity contribution in [3.63, 3.8) is 0 Å². The molecule has 0 aromatic heterocycles. The van der Waals surface area contributed by atoms with Gasteiger partial charge in [-0.15, -0.1) is 0 Å². The molecule has 2 heterocycles. The van der Waals surface area contributed by atoms with Crippen molar-refractivity contribution in [2.24, 2.45) is 11.8 Å². The van der Waals surface area contributed by atoms with E-state index >= 15 is 0 Å². The predicted octanol–water partition coefficient (Wildman–Crippen LogP) is 3.40. The van der Waals surface area contributed by atoms with Gasteiger partial charge in [0, 0.05) is 5.02 Å². The Morgan fingerprint density at radius 3 is 1.89 bits per heavy atom. The van der Waals surface area contributed by atoms with Crippen molar-refractivity contribution in [3.8, 4) is 0 Å². The maximum atomic E-state index is 14.1. The van der Waals surface area contributed by atoms with Gasteiger partial charge in [-0.1, -0.05) is 72.3 Å². The summed E-state index contributed by atoms with van der Waals surface area (Å²) in [6, 6.07) is 24.3. The Kier molecular flexibility index (Phi) is 5.65. The lowest BCUT2D eigenvalue weighted by Gasteiger charge is -2.42. The fraction of sp³-hybridized carbons (Fsp3) is 0.185. The molecule has 2 fully saturated rings. The van der Waals surface area contributed by atoms with Gasteiger partial charge in [-0.3, -0.25) is 19.2 Å². The summed E-state index contributed by atoms with van der Waals surface area (Å²) in [4.78, 5) is 56.4. The number of carbonyl (C=O) groups is 4. The fourth-order valence-electron chi connectivity index (χ4n) is 5.31. The van der Waals surface area contributed by atoms with Crippen molar-refractivity contribution in [1.82, 2.24) is 4.90 Å². The first kappa shape index (κ1) is 22.8. The molecule has 8 heteroatoms. The summed E-state index contributed by atoms with van der Waals surface area (Å²) in [5.41, 5.74) is 0.179. The number of carbonyl (C=O) groups excluding carboxylic acids is 4. The molecule has 5 rings (SSSR count). The van der Waals surface area contributed by atoms with E-state index in [4.69, 9.17) is 16.3 Å². The quantitative estimate of drug-likeness (QED) is 0.312. The van der Waals surface area contributed by atoms with Gasteiger partial charge >= 0.3 is 5.97 Å². The maximum Gasteiger partial charge on any atom is 0.325 e. The standard InChI is InChI=1S/C27H21ClN2O5/c1-35-21(31)16-29-24(32)22-23(26(34)30(25(22)33)20-14-12-19(28)13-15-20)27(29,17-8-4-2-5-9-17)18-10-6-3-7-11-18/h2-15,22-23H,16H2,1H3/t22-,23-/m0/s1. The van der Waals surface area contributed by atoms with Crippen LogP contribution in [0.1, 0.15) is 11.1 Å². The number of fused-ring (bicyclic) bond motifs is 1. The Bertz CT molecular complexity index is 1270. The summed E-state index contributed by atoms with van der Waals surface area (Å²) in [7, 11) is 1.23. The SMILES string of the molecule is COC(=O)CN1C(=O)[C@H]2C(=O)N(c3ccc(Cl)cc3)C(=O)[C@H]2C1(c1ccccc1)c1ccccc1. The molecule has 3 amide bonds. The minimum absolute atomic E-state index is 0.334. The van der Waals surface area contributed by atoms with E-state index in [0.717, 1.165) is 4.90 Å². The van der Waals surface area contributed by atoms with Crippen LogP contribution in [0.5, 0.6) is 0 Å². The number of anilines is 1. The van der Waals surface area contributed by atoms with Crippen LogP contribution in [-0.2, 0) is 29.5 Å². The van der Waals surface area contributed by atoms with E-state index in [1.807, 2.05) is 12.1 Å². The average molecular weight is 489 g/mol. The lowest BCUT2D eigenvalue weighted by atomic mass is 9.71. The first-order chi connectivity index (χ1) is 16.9. The number of ether oxygens (including phenoxy) is 1. The summed E-state index contributed by atoms with van der Waals surface area (Å²) in [5.74, 6) is -4.77. The molecule has 3 aromatic carbocycles. The first-order valence-electron chi connectivity index (χ1n) is 11.0. The molecule has 2 atom stereocenters. The second kappa shape index (κ2) is 8.67. The molecule has 0 spiro atoms. The number of hydrogen-bond donors (Lipinski definition) is 0. The van der Waals surface area contributed by atoms with Gasteiger partial charge in [-0.05, 0) is 35.4 Å². The molecule has 2 aliphatic heterocycles. The molecule has 0 bridgehead atoms. The molecule has 0 saturated carbocycles. The number of benzene rings is 3. The van der Waals surface area contributed by atoms with E-state index in [1.165, 1.54) is 12.0 Å². The van der Waals surface area contributed by atoms with Crippen LogP contribution < -0.4 is 4.90 Å². The van der Waals surface area contributed by atoms with Crippen LogP contribution in [0.25, 0.3) is 0 Å².